The van der Waals surface area contributed by atoms with E-state index in [1.165, 1.54) is 12.1 Å². The summed E-state index contributed by atoms with van der Waals surface area (Å²) in [6.07, 6.45) is 0. The predicted octanol–water partition coefficient (Wildman–Crippen LogP) is 4.01. The van der Waals surface area contributed by atoms with E-state index in [1.54, 1.807) is 14.2 Å². The van der Waals surface area contributed by atoms with Crippen molar-refractivity contribution in [3.8, 4) is 62.7 Å². The van der Waals surface area contributed by atoms with Crippen molar-refractivity contribution in [2.45, 2.75) is 0 Å². The number of hydrogen-bond acceptors (Lipinski definition) is 8. The molecule has 4 rings (SSSR count). The van der Waals surface area contributed by atoms with Crippen molar-refractivity contribution in [2.24, 2.45) is 0 Å². The van der Waals surface area contributed by atoms with E-state index < -0.39 is 17.2 Å². The summed E-state index contributed by atoms with van der Waals surface area (Å²) in [6.45, 7) is 0. The van der Waals surface area contributed by atoms with Crippen LogP contribution >= 0.6 is 0 Å². The Balaban J connectivity index is 1.88. The summed E-state index contributed by atoms with van der Waals surface area (Å²) >= 11 is 0. The van der Waals surface area contributed by atoms with Crippen LogP contribution in [0.15, 0.2) is 60.7 Å². The van der Waals surface area contributed by atoms with Crippen LogP contribution < -0.4 is 9.47 Å². The number of aromatic nitrogens is 3. The highest BCUT2D eigenvalue weighted by atomic mass is 16.5. The topological polar surface area (TPSA) is 118 Å². The van der Waals surface area contributed by atoms with Crippen LogP contribution in [0, 0.1) is 0 Å². The molecule has 3 N–H and O–H groups in total. The van der Waals surface area contributed by atoms with E-state index in [0.29, 0.717) is 28.5 Å². The second kappa shape index (κ2) is 8.19. The average Bonchev–Trinajstić information content (AvgIpc) is 2.82. The number of ether oxygens (including phenoxy) is 2. The minimum atomic E-state index is -0.609. The van der Waals surface area contributed by atoms with Crippen molar-refractivity contribution in [1.82, 2.24) is 15.2 Å². The van der Waals surface area contributed by atoms with E-state index in [0.717, 1.165) is 11.1 Å². The monoisotopic (exact) mass is 417 g/mol. The number of benzene rings is 3. The van der Waals surface area contributed by atoms with E-state index in [4.69, 9.17) is 9.47 Å². The highest BCUT2D eigenvalue weighted by Crippen LogP contribution is 2.39. The van der Waals surface area contributed by atoms with Crippen molar-refractivity contribution in [3.05, 3.63) is 60.7 Å². The van der Waals surface area contributed by atoms with Gasteiger partial charge in [-0.15, -0.1) is 10.2 Å². The van der Waals surface area contributed by atoms with Gasteiger partial charge >= 0.3 is 0 Å². The normalized spacial score (nSPS) is 10.6. The maximum absolute atomic E-state index is 9.86. The van der Waals surface area contributed by atoms with Gasteiger partial charge in [0.25, 0.3) is 0 Å². The quantitative estimate of drug-likeness (QED) is 0.417. The molecule has 156 valence electrons. The molecular weight excluding hydrogens is 398 g/mol. The van der Waals surface area contributed by atoms with Gasteiger partial charge in [-0.3, -0.25) is 0 Å². The SMILES string of the molecule is COc1ccc(-c2nnc(-c3cc(O)c(O)c(O)c3)nc2-c2ccc(OC)cc2)cc1. The van der Waals surface area contributed by atoms with Crippen molar-refractivity contribution in [2.75, 3.05) is 14.2 Å². The Morgan fingerprint density at radius 1 is 0.613 bits per heavy atom. The van der Waals surface area contributed by atoms with Crippen LogP contribution in [0.3, 0.4) is 0 Å². The largest absolute Gasteiger partial charge is 0.504 e. The molecule has 0 spiro atoms. The van der Waals surface area contributed by atoms with Gasteiger partial charge < -0.3 is 24.8 Å². The molecule has 8 nitrogen and oxygen atoms in total. The molecule has 0 aliphatic rings. The lowest BCUT2D eigenvalue weighted by Gasteiger charge is -2.11. The lowest BCUT2D eigenvalue weighted by molar-refractivity contribution is 0.368. The highest BCUT2D eigenvalue weighted by molar-refractivity contribution is 5.79. The van der Waals surface area contributed by atoms with E-state index in [1.807, 2.05) is 48.5 Å². The number of nitrogens with zero attached hydrogens (tertiary/aromatic N) is 3. The Morgan fingerprint density at radius 2 is 1.10 bits per heavy atom. The fourth-order valence-corrected chi connectivity index (χ4v) is 3.08. The first kappa shape index (κ1) is 20.0. The average molecular weight is 417 g/mol. The molecule has 0 unspecified atom stereocenters. The second-order valence-electron chi connectivity index (χ2n) is 6.65. The van der Waals surface area contributed by atoms with Crippen molar-refractivity contribution in [3.63, 3.8) is 0 Å². The zero-order valence-electron chi connectivity index (χ0n) is 16.8. The Labute approximate surface area is 178 Å². The minimum absolute atomic E-state index is 0.175. The van der Waals surface area contributed by atoms with Crippen LogP contribution in [0.1, 0.15) is 0 Å². The second-order valence-corrected chi connectivity index (χ2v) is 6.65. The maximum Gasteiger partial charge on any atom is 0.200 e. The third-order valence-electron chi connectivity index (χ3n) is 4.74. The molecule has 0 bridgehead atoms. The molecule has 0 aliphatic carbocycles. The van der Waals surface area contributed by atoms with Crippen LogP contribution in [0.4, 0.5) is 0 Å². The lowest BCUT2D eigenvalue weighted by Crippen LogP contribution is -2.00. The number of methoxy groups -OCH3 is 2. The first-order valence-electron chi connectivity index (χ1n) is 9.29. The van der Waals surface area contributed by atoms with E-state index in [2.05, 4.69) is 15.2 Å². The summed E-state index contributed by atoms with van der Waals surface area (Å²) < 4.78 is 10.5. The molecule has 0 amide bonds. The maximum atomic E-state index is 9.86. The predicted molar refractivity (Wildman–Crippen MR) is 114 cm³/mol. The zero-order chi connectivity index (χ0) is 22.0. The van der Waals surface area contributed by atoms with Crippen molar-refractivity contribution < 1.29 is 24.8 Å². The fourth-order valence-electron chi connectivity index (χ4n) is 3.08. The molecule has 1 heterocycles. The van der Waals surface area contributed by atoms with Gasteiger partial charge in [-0.05, 0) is 60.7 Å². The fraction of sp³-hybridized carbons (Fsp3) is 0.0870. The Bertz CT molecular complexity index is 1200. The van der Waals surface area contributed by atoms with Crippen molar-refractivity contribution >= 4 is 0 Å². The number of phenolic OH excluding ortho intramolecular Hbond substituents is 3. The zero-order valence-corrected chi connectivity index (χ0v) is 16.8. The molecule has 0 saturated heterocycles. The Kier molecular flexibility index (Phi) is 5.28. The summed E-state index contributed by atoms with van der Waals surface area (Å²) in [5.74, 6) is 0.0102. The summed E-state index contributed by atoms with van der Waals surface area (Å²) in [4.78, 5) is 4.65. The van der Waals surface area contributed by atoms with Gasteiger partial charge in [0.05, 0.1) is 14.2 Å². The smallest absolute Gasteiger partial charge is 0.200 e. The first-order chi connectivity index (χ1) is 15.0. The van der Waals surface area contributed by atoms with E-state index in [9.17, 15) is 15.3 Å². The van der Waals surface area contributed by atoms with Crippen LogP contribution in [0.25, 0.3) is 33.9 Å². The molecular formula is C23H19N3O5. The van der Waals surface area contributed by atoms with E-state index >= 15 is 0 Å². The first-order valence-corrected chi connectivity index (χ1v) is 9.29. The Morgan fingerprint density at radius 3 is 1.58 bits per heavy atom. The molecule has 4 aromatic rings. The number of rotatable bonds is 5. The van der Waals surface area contributed by atoms with Gasteiger partial charge in [0.2, 0.25) is 0 Å². The highest BCUT2D eigenvalue weighted by Gasteiger charge is 2.17. The van der Waals surface area contributed by atoms with Gasteiger partial charge in [0.1, 0.15) is 22.9 Å². The van der Waals surface area contributed by atoms with Gasteiger partial charge in [0, 0.05) is 16.7 Å². The molecule has 1 aromatic heterocycles. The van der Waals surface area contributed by atoms with Gasteiger partial charge in [-0.1, -0.05) is 0 Å². The van der Waals surface area contributed by atoms with Crippen LogP contribution in [-0.2, 0) is 0 Å². The number of aromatic hydroxyl groups is 3. The third-order valence-corrected chi connectivity index (χ3v) is 4.74. The van der Waals surface area contributed by atoms with Crippen LogP contribution in [0.2, 0.25) is 0 Å². The summed E-state index contributed by atoms with van der Waals surface area (Å²) in [5.41, 5.74) is 2.95. The molecule has 0 aliphatic heterocycles. The molecule has 0 fully saturated rings. The Hall–Kier alpha value is -4.33. The number of phenols is 3. The van der Waals surface area contributed by atoms with Crippen LogP contribution in [-0.4, -0.2) is 44.7 Å². The molecule has 31 heavy (non-hydrogen) atoms. The molecule has 3 aromatic carbocycles. The molecule has 0 radical (unpaired) electrons. The van der Waals surface area contributed by atoms with Crippen molar-refractivity contribution in [1.29, 1.82) is 0 Å². The third kappa shape index (κ3) is 3.91. The minimum Gasteiger partial charge on any atom is -0.504 e. The molecule has 0 atom stereocenters. The standard InChI is InChI=1S/C23H19N3O5/c1-30-16-7-3-13(4-8-16)20-21(14-5-9-17(31-2)10-6-14)25-26-23(24-20)15-11-18(27)22(29)19(28)12-15/h3-12,27-29H,1-2H3. The summed E-state index contributed by atoms with van der Waals surface area (Å²) in [6, 6.07) is 17.2. The van der Waals surface area contributed by atoms with Gasteiger partial charge in [0.15, 0.2) is 23.1 Å². The van der Waals surface area contributed by atoms with Gasteiger partial charge in [-0.25, -0.2) is 4.98 Å². The molecule has 0 saturated carbocycles. The lowest BCUT2D eigenvalue weighted by atomic mass is 10.0. The van der Waals surface area contributed by atoms with Crippen LogP contribution in [0.5, 0.6) is 28.7 Å². The van der Waals surface area contributed by atoms with Gasteiger partial charge in [-0.2, -0.15) is 0 Å². The summed E-state index contributed by atoms with van der Waals surface area (Å²) in [7, 11) is 3.18. The summed E-state index contributed by atoms with van der Waals surface area (Å²) in [5, 5.41) is 37.9. The van der Waals surface area contributed by atoms with E-state index in [-0.39, 0.29) is 5.82 Å². The number of hydrogen-bond donors (Lipinski definition) is 3. The molecule has 8 heteroatoms.